The number of hydrogen-bond acceptors (Lipinski definition) is 3. The van der Waals surface area contributed by atoms with Gasteiger partial charge in [0, 0.05) is 20.0 Å². The highest BCUT2D eigenvalue weighted by Gasteiger charge is 2.09. The highest BCUT2D eigenvalue weighted by molar-refractivity contribution is 9.11. The maximum absolute atomic E-state index is 11.9. The number of nitrogens with two attached hydrogens (primary N) is 1. The van der Waals surface area contributed by atoms with Crippen LogP contribution in [0.15, 0.2) is 15.2 Å². The van der Waals surface area contributed by atoms with Crippen molar-refractivity contribution in [1.29, 1.82) is 0 Å². The third-order valence-electron chi connectivity index (χ3n) is 2.81. The van der Waals surface area contributed by atoms with Crippen LogP contribution < -0.4 is 5.73 Å². The maximum Gasteiger partial charge on any atom is 0.222 e. The minimum atomic E-state index is 0.227. The highest BCUT2D eigenvalue weighted by atomic mass is 79.9. The number of carbonyl (C=O) groups excluding carboxylic acids is 1. The topological polar surface area (TPSA) is 46.3 Å². The first-order valence-corrected chi connectivity index (χ1v) is 7.97. The number of carbonyl (C=O) groups is 1. The Kier molecular flexibility index (Phi) is 7.54. The van der Waals surface area contributed by atoms with Crippen molar-refractivity contribution in [2.75, 3.05) is 13.6 Å². The van der Waals surface area contributed by atoms with Gasteiger partial charge in [-0.25, -0.2) is 0 Å². The van der Waals surface area contributed by atoms with Gasteiger partial charge in [-0.1, -0.05) is 12.8 Å². The van der Waals surface area contributed by atoms with Crippen LogP contribution in [0.25, 0.3) is 0 Å². The summed E-state index contributed by atoms with van der Waals surface area (Å²) in [6.45, 7) is 1.45. The zero-order valence-corrected chi connectivity index (χ0v) is 13.2. The van der Waals surface area contributed by atoms with Gasteiger partial charge in [0.25, 0.3) is 0 Å². The minimum absolute atomic E-state index is 0.227. The van der Waals surface area contributed by atoms with E-state index < -0.39 is 0 Å². The zero-order valence-electron chi connectivity index (χ0n) is 10.8. The third-order valence-corrected chi connectivity index (χ3v) is 4.37. The lowest BCUT2D eigenvalue weighted by Crippen LogP contribution is -2.25. The number of nitrogens with zero attached hydrogens (tertiary/aromatic N) is 1. The molecular weight excluding hydrogens is 312 g/mol. The Morgan fingerprint density at radius 1 is 1.39 bits per heavy atom. The van der Waals surface area contributed by atoms with Crippen LogP contribution in [0.4, 0.5) is 0 Å². The Balaban J connectivity index is 2.20. The van der Waals surface area contributed by atoms with Crippen LogP contribution in [0.5, 0.6) is 0 Å². The second kappa shape index (κ2) is 8.67. The molecule has 0 radical (unpaired) electrons. The molecular formula is C13H21BrN2OS. The van der Waals surface area contributed by atoms with Crippen LogP contribution in [-0.2, 0) is 11.3 Å². The maximum atomic E-state index is 11.9. The number of rotatable bonds is 8. The molecule has 0 aliphatic rings. The van der Waals surface area contributed by atoms with E-state index in [1.165, 1.54) is 5.56 Å². The molecule has 1 aromatic heterocycles. The van der Waals surface area contributed by atoms with Gasteiger partial charge < -0.3 is 10.6 Å². The molecule has 0 saturated heterocycles. The van der Waals surface area contributed by atoms with E-state index in [2.05, 4.69) is 27.4 Å². The van der Waals surface area contributed by atoms with Crippen molar-refractivity contribution in [3.05, 3.63) is 20.8 Å². The van der Waals surface area contributed by atoms with E-state index in [1.807, 2.05) is 7.05 Å². The summed E-state index contributed by atoms with van der Waals surface area (Å²) in [5.74, 6) is 0.227. The quantitative estimate of drug-likeness (QED) is 0.742. The molecule has 1 heterocycles. The minimum Gasteiger partial charge on any atom is -0.341 e. The fourth-order valence-corrected chi connectivity index (χ4v) is 2.96. The van der Waals surface area contributed by atoms with Crippen LogP contribution in [0.2, 0.25) is 0 Å². The van der Waals surface area contributed by atoms with E-state index in [0.717, 1.165) is 36.0 Å². The van der Waals surface area contributed by atoms with Gasteiger partial charge in [0.05, 0.1) is 3.79 Å². The van der Waals surface area contributed by atoms with Gasteiger partial charge in [-0.3, -0.25) is 4.79 Å². The number of amides is 1. The first kappa shape index (κ1) is 15.7. The molecule has 0 aliphatic heterocycles. The number of thiophene rings is 1. The predicted molar refractivity (Wildman–Crippen MR) is 80.6 cm³/mol. The fraction of sp³-hybridized carbons (Fsp3) is 0.615. The van der Waals surface area contributed by atoms with Crippen molar-refractivity contribution in [1.82, 2.24) is 4.90 Å². The lowest BCUT2D eigenvalue weighted by molar-refractivity contribution is -0.130. The largest absolute Gasteiger partial charge is 0.341 e. The van der Waals surface area contributed by atoms with Crippen molar-refractivity contribution < 1.29 is 4.79 Å². The molecule has 5 heteroatoms. The zero-order chi connectivity index (χ0) is 13.4. The Morgan fingerprint density at radius 2 is 2.11 bits per heavy atom. The lowest BCUT2D eigenvalue weighted by Gasteiger charge is -2.16. The van der Waals surface area contributed by atoms with Crippen molar-refractivity contribution in [2.45, 2.75) is 38.6 Å². The molecule has 0 saturated carbocycles. The lowest BCUT2D eigenvalue weighted by atomic mass is 10.1. The fourth-order valence-electron chi connectivity index (χ4n) is 1.76. The standard InChI is InChI=1S/C13H21BrN2OS/c1-16(9-11-8-12(14)18-10-11)13(17)6-4-2-3-5-7-15/h8,10H,2-7,9,15H2,1H3. The van der Waals surface area contributed by atoms with Crippen LogP contribution in [0.1, 0.15) is 37.7 Å². The number of unbranched alkanes of at least 4 members (excludes halogenated alkanes) is 3. The molecule has 18 heavy (non-hydrogen) atoms. The summed E-state index contributed by atoms with van der Waals surface area (Å²) in [5, 5.41) is 2.08. The Hall–Kier alpha value is -0.390. The molecule has 0 atom stereocenters. The molecule has 102 valence electrons. The van der Waals surface area contributed by atoms with Gasteiger partial charge in [-0.2, -0.15) is 0 Å². The molecule has 1 aromatic rings. The summed E-state index contributed by atoms with van der Waals surface area (Å²) in [5.41, 5.74) is 6.61. The Labute approximate surface area is 121 Å². The highest BCUT2D eigenvalue weighted by Crippen LogP contribution is 2.21. The van der Waals surface area contributed by atoms with Gasteiger partial charge in [0.15, 0.2) is 0 Å². The number of halogens is 1. The van der Waals surface area contributed by atoms with Gasteiger partial charge in [0.2, 0.25) is 5.91 Å². The van der Waals surface area contributed by atoms with E-state index in [4.69, 9.17) is 5.73 Å². The average molecular weight is 333 g/mol. The normalized spacial score (nSPS) is 10.6. The van der Waals surface area contributed by atoms with E-state index >= 15 is 0 Å². The SMILES string of the molecule is CN(Cc1csc(Br)c1)C(=O)CCCCCCN. The van der Waals surface area contributed by atoms with Crippen molar-refractivity contribution in [3.63, 3.8) is 0 Å². The predicted octanol–water partition coefficient (Wildman–Crippen LogP) is 3.38. The molecule has 2 N–H and O–H groups in total. The van der Waals surface area contributed by atoms with Gasteiger partial charge >= 0.3 is 0 Å². The summed E-state index contributed by atoms with van der Waals surface area (Å²) < 4.78 is 1.11. The van der Waals surface area contributed by atoms with E-state index in [-0.39, 0.29) is 5.91 Å². The van der Waals surface area contributed by atoms with E-state index in [1.54, 1.807) is 16.2 Å². The van der Waals surface area contributed by atoms with E-state index in [0.29, 0.717) is 13.0 Å². The first-order valence-electron chi connectivity index (χ1n) is 6.30. The molecule has 0 bridgehead atoms. The van der Waals surface area contributed by atoms with Crippen molar-refractivity contribution in [3.8, 4) is 0 Å². The van der Waals surface area contributed by atoms with Crippen LogP contribution >= 0.6 is 27.3 Å². The van der Waals surface area contributed by atoms with Crippen molar-refractivity contribution >= 4 is 33.2 Å². The van der Waals surface area contributed by atoms with Crippen LogP contribution in [-0.4, -0.2) is 24.4 Å². The molecule has 0 unspecified atom stereocenters. The molecule has 0 spiro atoms. The summed E-state index contributed by atoms with van der Waals surface area (Å²) in [6, 6.07) is 2.07. The smallest absolute Gasteiger partial charge is 0.222 e. The monoisotopic (exact) mass is 332 g/mol. The summed E-state index contributed by atoms with van der Waals surface area (Å²) in [6.07, 6.45) is 4.90. The summed E-state index contributed by atoms with van der Waals surface area (Å²) in [4.78, 5) is 13.7. The van der Waals surface area contributed by atoms with Crippen LogP contribution in [0, 0.1) is 0 Å². The molecule has 1 rings (SSSR count). The van der Waals surface area contributed by atoms with Gasteiger partial charge in [-0.15, -0.1) is 11.3 Å². The molecule has 0 aromatic carbocycles. The molecule has 0 aliphatic carbocycles. The second-order valence-electron chi connectivity index (χ2n) is 4.46. The molecule has 3 nitrogen and oxygen atoms in total. The molecule has 1 amide bonds. The van der Waals surface area contributed by atoms with Crippen LogP contribution in [0.3, 0.4) is 0 Å². The Bertz CT molecular complexity index is 368. The summed E-state index contributed by atoms with van der Waals surface area (Å²) >= 11 is 5.08. The van der Waals surface area contributed by atoms with Gasteiger partial charge in [-0.05, 0) is 52.3 Å². The number of hydrogen-bond donors (Lipinski definition) is 1. The van der Waals surface area contributed by atoms with E-state index in [9.17, 15) is 4.79 Å². The third kappa shape index (κ3) is 5.98. The first-order chi connectivity index (χ1) is 8.63. The average Bonchev–Trinajstić information content (AvgIpc) is 2.74. The van der Waals surface area contributed by atoms with Crippen molar-refractivity contribution in [2.24, 2.45) is 5.73 Å². The summed E-state index contributed by atoms with van der Waals surface area (Å²) in [7, 11) is 1.87. The van der Waals surface area contributed by atoms with Gasteiger partial charge in [0.1, 0.15) is 0 Å². The molecule has 0 fully saturated rings. The second-order valence-corrected chi connectivity index (χ2v) is 6.75. The Morgan fingerprint density at radius 3 is 2.72 bits per heavy atom.